The first-order chi connectivity index (χ1) is 9.36. The number of hydrogen-bond donors (Lipinski definition) is 0. The molecule has 0 amide bonds. The van der Waals surface area contributed by atoms with Crippen LogP contribution in [0.2, 0.25) is 0 Å². The van der Waals surface area contributed by atoms with E-state index < -0.39 is 0 Å². The number of aryl methyl sites for hydroxylation is 2. The lowest BCUT2D eigenvalue weighted by molar-refractivity contribution is 0.593. The summed E-state index contributed by atoms with van der Waals surface area (Å²) >= 11 is 7.78. The molecule has 2 aromatic heterocycles. The van der Waals surface area contributed by atoms with Gasteiger partial charge in [-0.15, -0.1) is 11.6 Å². The van der Waals surface area contributed by atoms with Gasteiger partial charge in [0.15, 0.2) is 5.65 Å². The number of nitrogens with zero attached hydrogens (tertiary/aromatic N) is 3. The molecule has 0 saturated heterocycles. The van der Waals surface area contributed by atoms with Crippen molar-refractivity contribution < 1.29 is 0 Å². The van der Waals surface area contributed by atoms with Gasteiger partial charge in [0.25, 0.3) is 0 Å². The summed E-state index contributed by atoms with van der Waals surface area (Å²) < 4.78 is 2.23. The molecule has 0 saturated carbocycles. The second-order valence-electron chi connectivity index (χ2n) is 4.52. The number of pyridine rings is 1. The van der Waals surface area contributed by atoms with Crippen LogP contribution >= 0.6 is 23.4 Å². The number of unbranched alkanes of at least 4 members (excludes halogenated alkanes) is 2. The molecule has 0 aliphatic rings. The van der Waals surface area contributed by atoms with Gasteiger partial charge >= 0.3 is 0 Å². The fourth-order valence-corrected chi connectivity index (χ4v) is 2.87. The summed E-state index contributed by atoms with van der Waals surface area (Å²) in [6.07, 6.45) is 8.52. The van der Waals surface area contributed by atoms with Gasteiger partial charge in [-0.1, -0.05) is 6.42 Å². The van der Waals surface area contributed by atoms with Crippen LogP contribution in [0.15, 0.2) is 18.3 Å². The van der Waals surface area contributed by atoms with Crippen LogP contribution in [0.5, 0.6) is 0 Å². The van der Waals surface area contributed by atoms with E-state index in [9.17, 15) is 0 Å². The van der Waals surface area contributed by atoms with Crippen LogP contribution in [-0.4, -0.2) is 32.4 Å². The lowest BCUT2D eigenvalue weighted by Gasteiger charge is -2.07. The first-order valence-corrected chi connectivity index (χ1v) is 8.64. The van der Waals surface area contributed by atoms with Crippen LogP contribution in [0.25, 0.3) is 11.2 Å². The van der Waals surface area contributed by atoms with E-state index in [1.165, 1.54) is 25.0 Å². The van der Waals surface area contributed by atoms with Gasteiger partial charge in [0, 0.05) is 25.0 Å². The number of aromatic nitrogens is 3. The number of imidazole rings is 1. The molecule has 0 aliphatic heterocycles. The first kappa shape index (κ1) is 14.7. The Morgan fingerprint density at radius 3 is 3.00 bits per heavy atom. The van der Waals surface area contributed by atoms with Crippen molar-refractivity contribution in [3.05, 3.63) is 24.2 Å². The SMILES string of the molecule is CSCCCCCn1c(CCCl)nc2cccnc21. The highest BCUT2D eigenvalue weighted by molar-refractivity contribution is 7.98. The van der Waals surface area contributed by atoms with Crippen molar-refractivity contribution in [1.82, 2.24) is 14.5 Å². The van der Waals surface area contributed by atoms with Crippen LogP contribution in [0, 0.1) is 0 Å². The van der Waals surface area contributed by atoms with Gasteiger partial charge in [0.2, 0.25) is 0 Å². The number of alkyl halides is 1. The quantitative estimate of drug-likeness (QED) is 0.549. The molecule has 104 valence electrons. The van der Waals surface area contributed by atoms with E-state index in [-0.39, 0.29) is 0 Å². The lowest BCUT2D eigenvalue weighted by atomic mass is 10.2. The van der Waals surface area contributed by atoms with Gasteiger partial charge < -0.3 is 4.57 Å². The summed E-state index contributed by atoms with van der Waals surface area (Å²) in [6.45, 7) is 0.994. The molecule has 0 N–H and O–H groups in total. The Balaban J connectivity index is 2.08. The molecule has 3 nitrogen and oxygen atoms in total. The van der Waals surface area contributed by atoms with E-state index in [4.69, 9.17) is 11.6 Å². The molecular formula is C14H20ClN3S. The molecule has 0 bridgehead atoms. The van der Waals surface area contributed by atoms with E-state index in [1.807, 2.05) is 30.1 Å². The average Bonchev–Trinajstić information content (AvgIpc) is 2.77. The second-order valence-corrected chi connectivity index (χ2v) is 5.88. The van der Waals surface area contributed by atoms with Gasteiger partial charge in [0.05, 0.1) is 0 Å². The predicted molar refractivity (Wildman–Crippen MR) is 84.2 cm³/mol. The molecule has 5 heteroatoms. The molecule has 0 spiro atoms. The highest BCUT2D eigenvalue weighted by Crippen LogP contribution is 2.16. The van der Waals surface area contributed by atoms with Gasteiger partial charge in [-0.05, 0) is 37.0 Å². The van der Waals surface area contributed by atoms with E-state index in [2.05, 4.69) is 20.8 Å². The third-order valence-corrected chi connectivity index (χ3v) is 4.02. The topological polar surface area (TPSA) is 30.7 Å². The van der Waals surface area contributed by atoms with Crippen LogP contribution < -0.4 is 0 Å². The molecule has 0 fully saturated rings. The summed E-state index contributed by atoms with van der Waals surface area (Å²) in [6, 6.07) is 3.95. The number of thioether (sulfide) groups is 1. The van der Waals surface area contributed by atoms with Gasteiger partial charge in [-0.3, -0.25) is 0 Å². The fraction of sp³-hybridized carbons (Fsp3) is 0.571. The van der Waals surface area contributed by atoms with Crippen LogP contribution in [-0.2, 0) is 13.0 Å². The Morgan fingerprint density at radius 2 is 2.21 bits per heavy atom. The molecule has 0 radical (unpaired) electrons. The van der Waals surface area contributed by atoms with E-state index >= 15 is 0 Å². The molecule has 0 aliphatic carbocycles. The molecule has 0 atom stereocenters. The zero-order valence-electron chi connectivity index (χ0n) is 11.3. The lowest BCUT2D eigenvalue weighted by Crippen LogP contribution is -2.05. The van der Waals surface area contributed by atoms with Crippen molar-refractivity contribution in [2.24, 2.45) is 0 Å². The summed E-state index contributed by atoms with van der Waals surface area (Å²) in [4.78, 5) is 9.08. The van der Waals surface area contributed by atoms with Gasteiger partial charge in [0.1, 0.15) is 11.3 Å². The minimum Gasteiger partial charge on any atom is -0.313 e. The van der Waals surface area contributed by atoms with Crippen LogP contribution in [0.1, 0.15) is 25.1 Å². The van der Waals surface area contributed by atoms with Gasteiger partial charge in [-0.25, -0.2) is 9.97 Å². The minimum absolute atomic E-state index is 0.607. The fourth-order valence-electron chi connectivity index (χ4n) is 2.21. The third kappa shape index (κ3) is 3.86. The zero-order valence-corrected chi connectivity index (χ0v) is 12.9. The van der Waals surface area contributed by atoms with Crippen molar-refractivity contribution >= 4 is 34.5 Å². The molecular weight excluding hydrogens is 278 g/mol. The maximum atomic E-state index is 5.86. The van der Waals surface area contributed by atoms with Crippen LogP contribution in [0.4, 0.5) is 0 Å². The third-order valence-electron chi connectivity index (χ3n) is 3.13. The molecule has 0 unspecified atom stereocenters. The minimum atomic E-state index is 0.607. The number of fused-ring (bicyclic) bond motifs is 1. The second kappa shape index (κ2) is 7.75. The molecule has 2 aromatic rings. The number of hydrogen-bond acceptors (Lipinski definition) is 3. The molecule has 0 aromatic carbocycles. The Kier molecular flexibility index (Phi) is 5.98. The van der Waals surface area contributed by atoms with Crippen molar-refractivity contribution in [3.8, 4) is 0 Å². The average molecular weight is 298 g/mol. The van der Waals surface area contributed by atoms with E-state index in [0.29, 0.717) is 5.88 Å². The maximum absolute atomic E-state index is 5.86. The van der Waals surface area contributed by atoms with Crippen molar-refractivity contribution in [2.75, 3.05) is 17.9 Å². The molecule has 19 heavy (non-hydrogen) atoms. The number of rotatable bonds is 8. The largest absolute Gasteiger partial charge is 0.313 e. The highest BCUT2D eigenvalue weighted by atomic mass is 35.5. The smallest absolute Gasteiger partial charge is 0.159 e. The Morgan fingerprint density at radius 1 is 1.32 bits per heavy atom. The van der Waals surface area contributed by atoms with Crippen molar-refractivity contribution in [3.63, 3.8) is 0 Å². The summed E-state index contributed by atoms with van der Waals surface area (Å²) in [5.41, 5.74) is 1.97. The summed E-state index contributed by atoms with van der Waals surface area (Å²) in [5, 5.41) is 0. The number of halogens is 1. The monoisotopic (exact) mass is 297 g/mol. The Bertz CT molecular complexity index is 512. The molecule has 2 heterocycles. The summed E-state index contributed by atoms with van der Waals surface area (Å²) in [5.74, 6) is 2.92. The van der Waals surface area contributed by atoms with Crippen LogP contribution in [0.3, 0.4) is 0 Å². The molecule has 2 rings (SSSR count). The zero-order chi connectivity index (χ0) is 13.5. The standard InChI is InChI=1S/C14H20ClN3S/c1-19-11-4-2-3-10-18-13(7-8-15)17-12-6-5-9-16-14(12)18/h5-6,9H,2-4,7-8,10-11H2,1H3. The Labute approximate surface area is 123 Å². The normalized spacial score (nSPS) is 11.3. The van der Waals surface area contributed by atoms with Crippen molar-refractivity contribution in [1.29, 1.82) is 0 Å². The predicted octanol–water partition coefficient (Wildman–Crippen LogP) is 3.75. The van der Waals surface area contributed by atoms with Crippen molar-refractivity contribution in [2.45, 2.75) is 32.2 Å². The first-order valence-electron chi connectivity index (χ1n) is 6.72. The Hall–Kier alpha value is -0.740. The van der Waals surface area contributed by atoms with E-state index in [1.54, 1.807) is 0 Å². The van der Waals surface area contributed by atoms with Gasteiger partial charge in [-0.2, -0.15) is 11.8 Å². The summed E-state index contributed by atoms with van der Waals surface area (Å²) in [7, 11) is 0. The van der Waals surface area contributed by atoms with E-state index in [0.717, 1.165) is 30.0 Å². The highest BCUT2D eigenvalue weighted by Gasteiger charge is 2.10. The maximum Gasteiger partial charge on any atom is 0.159 e.